The number of carbonyl (C=O) groups excluding carboxylic acids is 6. The van der Waals surface area contributed by atoms with E-state index in [1.807, 2.05) is 72.8 Å². The number of nitrogens with two attached hydrogens (primary N) is 3. The molecular formula is C45H57Cl2N9O6. The number of aromatic nitrogens is 1. The fourth-order valence-corrected chi connectivity index (χ4v) is 6.90. The summed E-state index contributed by atoms with van der Waals surface area (Å²) in [5.74, 6) is -3.90. The molecule has 4 aromatic carbocycles. The first-order valence-electron chi connectivity index (χ1n) is 20.2. The molecule has 0 unspecified atom stereocenters. The van der Waals surface area contributed by atoms with Crippen LogP contribution in [0.3, 0.4) is 0 Å². The van der Waals surface area contributed by atoms with Crippen LogP contribution in [0.1, 0.15) is 49.8 Å². The zero-order valence-electron chi connectivity index (χ0n) is 34.7. The molecule has 15 nitrogen and oxygen atoms in total. The smallest absolute Gasteiger partial charge is 0.243 e. The third-order valence-electron chi connectivity index (χ3n) is 10.3. The monoisotopic (exact) mass is 889 g/mol. The van der Waals surface area contributed by atoms with Crippen molar-refractivity contribution in [2.45, 2.75) is 88.6 Å². The quantitative estimate of drug-likeness (QED) is 0.0494. The molecule has 332 valence electrons. The fraction of sp³-hybridized carbons (Fsp3) is 0.333. The molecule has 17 heteroatoms. The van der Waals surface area contributed by atoms with Gasteiger partial charge in [-0.1, -0.05) is 91.0 Å². The molecule has 0 aliphatic heterocycles. The summed E-state index contributed by atoms with van der Waals surface area (Å²) in [7, 11) is 0. The molecule has 1 aromatic heterocycles. The minimum absolute atomic E-state index is 0. The van der Waals surface area contributed by atoms with Crippen LogP contribution in [0, 0.1) is 0 Å². The van der Waals surface area contributed by atoms with Gasteiger partial charge in [-0.2, -0.15) is 0 Å². The first-order chi connectivity index (χ1) is 28.8. The second-order valence-electron chi connectivity index (χ2n) is 15.1. The van der Waals surface area contributed by atoms with Crippen molar-refractivity contribution in [1.82, 2.24) is 31.6 Å². The van der Waals surface area contributed by atoms with Gasteiger partial charge in [-0.25, -0.2) is 0 Å². The highest BCUT2D eigenvalue weighted by Gasteiger charge is 2.32. The lowest BCUT2D eigenvalue weighted by Crippen LogP contribution is -2.59. The minimum atomic E-state index is -1.23. The highest BCUT2D eigenvalue weighted by molar-refractivity contribution is 5.97. The molecule has 0 saturated carbocycles. The number of fused-ring (bicyclic) bond motifs is 2. The molecule has 5 aromatic rings. The number of hydrogen-bond donors (Lipinski definition) is 9. The third-order valence-corrected chi connectivity index (χ3v) is 10.3. The fourth-order valence-electron chi connectivity index (χ4n) is 6.90. The number of halogens is 2. The summed E-state index contributed by atoms with van der Waals surface area (Å²) in [5, 5.41) is 16.5. The largest absolute Gasteiger partial charge is 0.368 e. The highest BCUT2D eigenvalue weighted by Crippen LogP contribution is 2.20. The average molecular weight is 891 g/mol. The normalized spacial score (nSPS) is 13.7. The third kappa shape index (κ3) is 14.3. The summed E-state index contributed by atoms with van der Waals surface area (Å²) in [6.45, 7) is 3.38. The van der Waals surface area contributed by atoms with Crippen LogP contribution in [0.5, 0.6) is 0 Å². The number of amides is 6. The van der Waals surface area contributed by atoms with Crippen molar-refractivity contribution in [2.75, 3.05) is 6.54 Å². The molecule has 62 heavy (non-hydrogen) atoms. The first kappa shape index (κ1) is 50.4. The van der Waals surface area contributed by atoms with Crippen molar-refractivity contribution in [1.29, 1.82) is 0 Å². The molecule has 1 heterocycles. The maximum atomic E-state index is 14.3. The molecule has 0 fully saturated rings. The van der Waals surface area contributed by atoms with E-state index in [9.17, 15) is 28.8 Å². The van der Waals surface area contributed by atoms with Crippen molar-refractivity contribution in [3.63, 3.8) is 0 Å². The predicted molar refractivity (Wildman–Crippen MR) is 245 cm³/mol. The van der Waals surface area contributed by atoms with Crippen LogP contribution in [0.2, 0.25) is 0 Å². The van der Waals surface area contributed by atoms with Gasteiger partial charge in [0, 0.05) is 36.4 Å². The lowest BCUT2D eigenvalue weighted by atomic mass is 10.0. The Morgan fingerprint density at radius 1 is 0.581 bits per heavy atom. The lowest BCUT2D eigenvalue weighted by Gasteiger charge is -2.26. The van der Waals surface area contributed by atoms with Crippen molar-refractivity contribution >= 4 is 81.9 Å². The van der Waals surface area contributed by atoms with Crippen LogP contribution in [0.15, 0.2) is 103 Å². The van der Waals surface area contributed by atoms with Crippen molar-refractivity contribution in [3.05, 3.63) is 120 Å². The van der Waals surface area contributed by atoms with Gasteiger partial charge in [-0.3, -0.25) is 28.8 Å². The number of unbranched alkanes of at least 4 members (excludes halogenated alkanes) is 1. The number of benzene rings is 4. The molecule has 5 rings (SSSR count). The van der Waals surface area contributed by atoms with Crippen molar-refractivity contribution < 1.29 is 28.8 Å². The SMILES string of the molecule is C[C@H](NC(=O)[C@@H](Cc1ccc2ccccc2c1)NC(=O)[C@@H](C)N)C(=O)N[C@@H](Cc1c[nH]c2ccccc12)C(=O)N[C@@H](Cc1ccccc1)C(=O)N[C@@H](CCCCN)C(N)=O.Cl.Cl. The average Bonchev–Trinajstić information content (AvgIpc) is 3.65. The van der Waals surface area contributed by atoms with Gasteiger partial charge in [0.25, 0.3) is 0 Å². The van der Waals surface area contributed by atoms with E-state index in [-0.39, 0.29) is 50.5 Å². The summed E-state index contributed by atoms with van der Waals surface area (Å²) in [6.07, 6.45) is 3.39. The molecule has 0 spiro atoms. The maximum Gasteiger partial charge on any atom is 0.243 e. The number of primary amides is 1. The van der Waals surface area contributed by atoms with Crippen LogP contribution in [-0.2, 0) is 48.0 Å². The van der Waals surface area contributed by atoms with Crippen molar-refractivity contribution in [3.8, 4) is 0 Å². The Morgan fingerprint density at radius 2 is 1.13 bits per heavy atom. The van der Waals surface area contributed by atoms with E-state index >= 15 is 0 Å². The highest BCUT2D eigenvalue weighted by atomic mass is 35.5. The van der Waals surface area contributed by atoms with Gasteiger partial charge in [0.1, 0.15) is 30.2 Å². The van der Waals surface area contributed by atoms with Gasteiger partial charge in [0.05, 0.1) is 6.04 Å². The van der Waals surface area contributed by atoms with Crippen molar-refractivity contribution in [2.24, 2.45) is 17.2 Å². The van der Waals surface area contributed by atoms with E-state index in [1.165, 1.54) is 13.8 Å². The summed E-state index contributed by atoms with van der Waals surface area (Å²) < 4.78 is 0. The topological polar surface area (TPSA) is 256 Å². The number of H-pyrrole nitrogens is 1. The van der Waals surface area contributed by atoms with Gasteiger partial charge in [0.2, 0.25) is 35.4 Å². The van der Waals surface area contributed by atoms with Gasteiger partial charge in [-0.05, 0) is 73.2 Å². The maximum absolute atomic E-state index is 14.3. The number of hydrogen-bond acceptors (Lipinski definition) is 8. The number of nitrogens with one attached hydrogen (secondary N) is 6. The Hall–Kier alpha value is -6.00. The van der Waals surface area contributed by atoms with Crippen LogP contribution in [0.4, 0.5) is 0 Å². The van der Waals surface area contributed by atoms with E-state index in [0.717, 1.165) is 38.4 Å². The molecule has 0 radical (unpaired) electrons. The standard InChI is InChI=1S/C45H55N9O6.2ClH/c1-27(47)41(56)52-38(24-30-19-20-31-14-6-7-15-32(31)22-30)43(58)50-28(2)42(57)53-39(25-33-26-49-35-17-9-8-16-34(33)35)45(60)54-37(23-29-12-4-3-5-13-29)44(59)51-36(40(48)55)18-10-11-21-46;;/h3-9,12-17,19-20,22,26-28,36-39,49H,10-11,18,21,23-25,46-47H2,1-2H3,(H2,48,55)(H,50,58)(H,51,59)(H,52,56)(H,53,57)(H,54,60);2*1H/t27-,28+,36+,37+,38-,39+;;/m1../s1. The molecule has 12 N–H and O–H groups in total. The number of aromatic amines is 1. The Bertz CT molecular complexity index is 2290. The number of carbonyl (C=O) groups is 6. The van der Waals surface area contributed by atoms with E-state index < -0.39 is 71.7 Å². The van der Waals surface area contributed by atoms with Crippen LogP contribution >= 0.6 is 24.8 Å². The Morgan fingerprint density at radius 3 is 1.79 bits per heavy atom. The molecule has 0 aliphatic carbocycles. The summed E-state index contributed by atoms with van der Waals surface area (Å²) in [6, 6.07) is 23.4. The first-order valence-corrected chi connectivity index (χ1v) is 20.2. The lowest BCUT2D eigenvalue weighted by molar-refractivity contribution is -0.134. The molecule has 6 atom stereocenters. The summed E-state index contributed by atoms with van der Waals surface area (Å²) in [5.41, 5.74) is 20.2. The summed E-state index contributed by atoms with van der Waals surface area (Å²) >= 11 is 0. The molecular weight excluding hydrogens is 833 g/mol. The second kappa shape index (κ2) is 24.4. The van der Waals surface area contributed by atoms with Gasteiger partial charge in [0.15, 0.2) is 0 Å². The molecule has 0 aliphatic rings. The van der Waals surface area contributed by atoms with E-state index in [1.54, 1.807) is 30.5 Å². The second-order valence-corrected chi connectivity index (χ2v) is 15.1. The van der Waals surface area contributed by atoms with Gasteiger partial charge < -0.3 is 48.8 Å². The molecule has 0 saturated heterocycles. The van der Waals surface area contributed by atoms with Gasteiger partial charge >= 0.3 is 0 Å². The zero-order valence-corrected chi connectivity index (χ0v) is 36.4. The Kier molecular flexibility index (Phi) is 19.9. The van der Waals surface area contributed by atoms with Crippen LogP contribution < -0.4 is 43.8 Å². The van der Waals surface area contributed by atoms with Gasteiger partial charge in [-0.15, -0.1) is 24.8 Å². The van der Waals surface area contributed by atoms with Crippen LogP contribution in [-0.4, -0.2) is 83.2 Å². The summed E-state index contributed by atoms with van der Waals surface area (Å²) in [4.78, 5) is 84.2. The minimum Gasteiger partial charge on any atom is -0.368 e. The number of rotatable bonds is 21. The predicted octanol–water partition coefficient (Wildman–Crippen LogP) is 2.60. The van der Waals surface area contributed by atoms with Crippen LogP contribution in [0.25, 0.3) is 21.7 Å². The Balaban J connectivity index is 0.00000512. The Labute approximate surface area is 373 Å². The molecule has 0 bridgehead atoms. The number of para-hydroxylation sites is 1. The van der Waals surface area contributed by atoms with E-state index in [0.29, 0.717) is 19.4 Å². The van der Waals surface area contributed by atoms with E-state index in [4.69, 9.17) is 17.2 Å². The van der Waals surface area contributed by atoms with E-state index in [2.05, 4.69) is 31.6 Å². The molecule has 6 amide bonds. The zero-order chi connectivity index (χ0) is 43.2.